The van der Waals surface area contributed by atoms with E-state index in [4.69, 9.17) is 0 Å². The van der Waals surface area contributed by atoms with E-state index in [1.54, 1.807) is 0 Å². The summed E-state index contributed by atoms with van der Waals surface area (Å²) < 4.78 is 0. The molecule has 0 bridgehead atoms. The van der Waals surface area contributed by atoms with Crippen LogP contribution in [0.25, 0.3) is 0 Å². The minimum atomic E-state index is 0.458. The third kappa shape index (κ3) is 5.54. The second-order valence-electron chi connectivity index (χ2n) is 4.63. The molecule has 0 aliphatic heterocycles. The van der Waals surface area contributed by atoms with Gasteiger partial charge in [0, 0.05) is 0 Å². The molecule has 86 valence electrons. The summed E-state index contributed by atoms with van der Waals surface area (Å²) in [4.78, 5) is 9.04. The fourth-order valence-electron chi connectivity index (χ4n) is 1.33. The third-order valence-electron chi connectivity index (χ3n) is 2.20. The summed E-state index contributed by atoms with van der Waals surface area (Å²) in [5.41, 5.74) is 0. The number of hydrogen-bond acceptors (Lipinski definition) is 4. The number of rotatable bonds is 6. The fraction of sp³-hybridized carbons (Fsp3) is 1.00. The zero-order valence-electron chi connectivity index (χ0n) is 10.8. The van der Waals surface area contributed by atoms with Crippen LogP contribution in [-0.2, 0) is 0 Å². The standard InChI is InChI=1S/C10H26N4/c1-10(13(6)7)14(8-11(2)3)9-12(4)5/h10H,8-9H2,1-7H3. The van der Waals surface area contributed by atoms with Crippen LogP contribution in [0.3, 0.4) is 0 Å². The van der Waals surface area contributed by atoms with Crippen molar-refractivity contribution in [3.8, 4) is 0 Å². The van der Waals surface area contributed by atoms with E-state index >= 15 is 0 Å². The van der Waals surface area contributed by atoms with Crippen LogP contribution in [0.2, 0.25) is 0 Å². The predicted octanol–water partition coefficient (Wildman–Crippen LogP) is 0.234. The fourth-order valence-corrected chi connectivity index (χ4v) is 1.33. The molecule has 0 aliphatic rings. The average Bonchev–Trinajstić information content (AvgIpc) is 1.99. The van der Waals surface area contributed by atoms with Gasteiger partial charge in [-0.05, 0) is 49.2 Å². The van der Waals surface area contributed by atoms with Crippen molar-refractivity contribution in [2.24, 2.45) is 0 Å². The van der Waals surface area contributed by atoms with Crippen molar-refractivity contribution >= 4 is 0 Å². The molecule has 0 amide bonds. The highest BCUT2D eigenvalue weighted by molar-refractivity contribution is 4.62. The molecule has 0 saturated heterocycles. The molecular formula is C10H26N4. The van der Waals surface area contributed by atoms with Crippen LogP contribution >= 0.6 is 0 Å². The summed E-state index contributed by atoms with van der Waals surface area (Å²) in [5, 5.41) is 0. The van der Waals surface area contributed by atoms with Gasteiger partial charge in [-0.15, -0.1) is 0 Å². The topological polar surface area (TPSA) is 13.0 Å². The Hall–Kier alpha value is -0.160. The first-order chi connectivity index (χ1) is 6.34. The lowest BCUT2D eigenvalue weighted by Gasteiger charge is -2.36. The van der Waals surface area contributed by atoms with Gasteiger partial charge in [0.2, 0.25) is 0 Å². The molecule has 0 fully saturated rings. The molecule has 1 atom stereocenters. The molecule has 0 saturated carbocycles. The van der Waals surface area contributed by atoms with Crippen LogP contribution in [0.4, 0.5) is 0 Å². The lowest BCUT2D eigenvalue weighted by Crippen LogP contribution is -2.50. The Bertz CT molecular complexity index is 135. The predicted molar refractivity (Wildman–Crippen MR) is 62.1 cm³/mol. The Morgan fingerprint density at radius 2 is 1.14 bits per heavy atom. The van der Waals surface area contributed by atoms with E-state index in [0.717, 1.165) is 13.3 Å². The van der Waals surface area contributed by atoms with Crippen molar-refractivity contribution in [2.75, 3.05) is 55.6 Å². The van der Waals surface area contributed by atoms with E-state index in [-0.39, 0.29) is 0 Å². The summed E-state index contributed by atoms with van der Waals surface area (Å²) in [6.45, 7) is 4.20. The van der Waals surface area contributed by atoms with Gasteiger partial charge in [0.1, 0.15) is 0 Å². The van der Waals surface area contributed by atoms with Gasteiger partial charge in [0.25, 0.3) is 0 Å². The summed E-state index contributed by atoms with van der Waals surface area (Å²) >= 11 is 0. The maximum Gasteiger partial charge on any atom is 0.0611 e. The van der Waals surface area contributed by atoms with Crippen molar-refractivity contribution in [1.82, 2.24) is 19.6 Å². The van der Waals surface area contributed by atoms with Gasteiger partial charge in [-0.1, -0.05) is 0 Å². The van der Waals surface area contributed by atoms with Gasteiger partial charge in [-0.2, -0.15) is 0 Å². The van der Waals surface area contributed by atoms with Crippen molar-refractivity contribution in [1.29, 1.82) is 0 Å². The smallest absolute Gasteiger partial charge is 0.0611 e. The first-order valence-corrected chi connectivity index (χ1v) is 5.04. The van der Waals surface area contributed by atoms with E-state index in [0.29, 0.717) is 6.17 Å². The van der Waals surface area contributed by atoms with Gasteiger partial charge >= 0.3 is 0 Å². The van der Waals surface area contributed by atoms with E-state index < -0.39 is 0 Å². The van der Waals surface area contributed by atoms with E-state index in [1.807, 2.05) is 0 Å². The summed E-state index contributed by atoms with van der Waals surface area (Å²) in [6, 6.07) is 0. The molecule has 4 heteroatoms. The zero-order valence-corrected chi connectivity index (χ0v) is 10.8. The molecule has 1 unspecified atom stereocenters. The van der Waals surface area contributed by atoms with E-state index in [2.05, 4.69) is 68.8 Å². The second kappa shape index (κ2) is 6.35. The van der Waals surface area contributed by atoms with Crippen LogP contribution in [-0.4, -0.2) is 81.4 Å². The monoisotopic (exact) mass is 202 g/mol. The van der Waals surface area contributed by atoms with E-state index in [1.165, 1.54) is 0 Å². The zero-order chi connectivity index (χ0) is 11.3. The molecule has 0 aromatic heterocycles. The number of hydrogen-bond donors (Lipinski definition) is 0. The molecule has 0 aromatic carbocycles. The van der Waals surface area contributed by atoms with Crippen LogP contribution in [0.15, 0.2) is 0 Å². The maximum atomic E-state index is 2.42. The SMILES string of the molecule is CC(N(C)C)N(CN(C)C)CN(C)C. The van der Waals surface area contributed by atoms with E-state index in [9.17, 15) is 0 Å². The highest BCUT2D eigenvalue weighted by Crippen LogP contribution is 2.02. The van der Waals surface area contributed by atoms with Crippen LogP contribution in [0.1, 0.15) is 6.92 Å². The number of nitrogens with zero attached hydrogens (tertiary/aromatic N) is 4. The highest BCUT2D eigenvalue weighted by atomic mass is 15.4. The molecule has 0 aliphatic carbocycles. The Morgan fingerprint density at radius 3 is 1.36 bits per heavy atom. The average molecular weight is 202 g/mol. The van der Waals surface area contributed by atoms with Gasteiger partial charge in [-0.25, -0.2) is 0 Å². The van der Waals surface area contributed by atoms with Crippen LogP contribution < -0.4 is 0 Å². The molecule has 14 heavy (non-hydrogen) atoms. The summed E-state index contributed by atoms with van der Waals surface area (Å²) in [7, 11) is 12.6. The molecule has 0 rings (SSSR count). The van der Waals surface area contributed by atoms with Gasteiger partial charge in [0.15, 0.2) is 0 Å². The normalized spacial score (nSPS) is 14.8. The second-order valence-corrected chi connectivity index (χ2v) is 4.63. The van der Waals surface area contributed by atoms with Crippen LogP contribution in [0, 0.1) is 0 Å². The molecule has 4 nitrogen and oxygen atoms in total. The Kier molecular flexibility index (Phi) is 6.27. The summed E-state index contributed by atoms with van der Waals surface area (Å²) in [6.07, 6.45) is 0.458. The highest BCUT2D eigenvalue weighted by Gasteiger charge is 2.16. The first kappa shape index (κ1) is 13.8. The van der Waals surface area contributed by atoms with Gasteiger partial charge in [-0.3, -0.25) is 19.6 Å². The van der Waals surface area contributed by atoms with Gasteiger partial charge in [0.05, 0.1) is 19.5 Å². The van der Waals surface area contributed by atoms with Crippen molar-refractivity contribution in [3.63, 3.8) is 0 Å². The van der Waals surface area contributed by atoms with Crippen molar-refractivity contribution < 1.29 is 0 Å². The lowest BCUT2D eigenvalue weighted by molar-refractivity contribution is 0.0200. The Morgan fingerprint density at radius 1 is 0.786 bits per heavy atom. The van der Waals surface area contributed by atoms with Crippen LogP contribution in [0.5, 0.6) is 0 Å². The van der Waals surface area contributed by atoms with Crippen molar-refractivity contribution in [2.45, 2.75) is 13.1 Å². The molecular weight excluding hydrogens is 176 g/mol. The summed E-state index contributed by atoms with van der Waals surface area (Å²) in [5.74, 6) is 0. The lowest BCUT2D eigenvalue weighted by atomic mass is 10.4. The largest absolute Gasteiger partial charge is 0.297 e. The minimum Gasteiger partial charge on any atom is -0.297 e. The molecule has 0 heterocycles. The Labute approximate surface area is 89.1 Å². The maximum absolute atomic E-state index is 2.42. The molecule has 0 radical (unpaired) electrons. The Balaban J connectivity index is 4.22. The molecule has 0 N–H and O–H groups in total. The first-order valence-electron chi connectivity index (χ1n) is 5.04. The quantitative estimate of drug-likeness (QED) is 0.572. The molecule has 0 spiro atoms. The van der Waals surface area contributed by atoms with Gasteiger partial charge < -0.3 is 0 Å². The van der Waals surface area contributed by atoms with Crippen molar-refractivity contribution in [3.05, 3.63) is 0 Å². The third-order valence-corrected chi connectivity index (χ3v) is 2.20. The minimum absolute atomic E-state index is 0.458. The molecule has 0 aromatic rings.